The topological polar surface area (TPSA) is 15.5 Å². The third-order valence-electron chi connectivity index (χ3n) is 4.24. The predicted octanol–water partition coefficient (Wildman–Crippen LogP) is 0.410. The summed E-state index contributed by atoms with van der Waals surface area (Å²) in [4.78, 5) is 5.14. The van der Waals surface area contributed by atoms with Crippen molar-refractivity contribution in [1.82, 2.24) is 9.80 Å². The molecule has 0 saturated carbocycles. The van der Waals surface area contributed by atoms with Crippen LogP contribution in [0.3, 0.4) is 0 Å². The highest BCUT2D eigenvalue weighted by Gasteiger charge is 2.71. The zero-order chi connectivity index (χ0) is 9.92. The molecule has 80 valence electrons. The highest BCUT2D eigenvalue weighted by atomic mass is 16.5. The van der Waals surface area contributed by atoms with Gasteiger partial charge >= 0.3 is 0 Å². The molecular weight excluding hydrogens is 176 g/mol. The Morgan fingerprint density at radius 2 is 2.14 bits per heavy atom. The number of ether oxygens (including phenoxy) is 1. The van der Waals surface area contributed by atoms with Gasteiger partial charge in [-0.1, -0.05) is 0 Å². The molecule has 0 aromatic heterocycles. The smallest absolute Gasteiger partial charge is 0.0641 e. The average Bonchev–Trinajstić information content (AvgIpc) is 2.62. The van der Waals surface area contributed by atoms with Crippen molar-refractivity contribution in [1.29, 1.82) is 0 Å². The zero-order valence-corrected chi connectivity index (χ0v) is 9.36. The molecule has 3 heterocycles. The Hall–Kier alpha value is -0.120. The number of rotatable bonds is 1. The lowest BCUT2D eigenvalue weighted by molar-refractivity contribution is 0.0679. The lowest BCUT2D eigenvalue weighted by Crippen LogP contribution is -2.37. The van der Waals surface area contributed by atoms with Crippen molar-refractivity contribution in [3.63, 3.8) is 0 Å². The fraction of sp³-hybridized carbons (Fsp3) is 1.00. The van der Waals surface area contributed by atoms with Gasteiger partial charge in [0.15, 0.2) is 0 Å². The summed E-state index contributed by atoms with van der Waals surface area (Å²) in [7, 11) is 2.24. The van der Waals surface area contributed by atoms with E-state index in [1.165, 1.54) is 13.1 Å². The van der Waals surface area contributed by atoms with Crippen LogP contribution < -0.4 is 0 Å². The second-order valence-electron chi connectivity index (χ2n) is 5.44. The van der Waals surface area contributed by atoms with Gasteiger partial charge < -0.3 is 9.64 Å². The molecule has 0 radical (unpaired) electrons. The zero-order valence-electron chi connectivity index (χ0n) is 9.36. The quantitative estimate of drug-likeness (QED) is 0.565. The van der Waals surface area contributed by atoms with Crippen molar-refractivity contribution in [2.75, 3.05) is 33.4 Å². The van der Waals surface area contributed by atoms with Crippen LogP contribution in [0.1, 0.15) is 13.8 Å². The summed E-state index contributed by atoms with van der Waals surface area (Å²) in [5, 5.41) is 0. The Bertz CT molecular complexity index is 256. The lowest BCUT2D eigenvalue weighted by atomic mass is 9.91. The van der Waals surface area contributed by atoms with Crippen LogP contribution in [0.15, 0.2) is 0 Å². The Labute approximate surface area is 86.0 Å². The van der Waals surface area contributed by atoms with Crippen molar-refractivity contribution in [3.05, 3.63) is 0 Å². The highest BCUT2D eigenvalue weighted by molar-refractivity contribution is 5.26. The minimum atomic E-state index is 0.501. The van der Waals surface area contributed by atoms with E-state index in [0.717, 1.165) is 19.1 Å². The number of nitrogens with zero attached hydrogens (tertiary/aromatic N) is 2. The summed E-state index contributed by atoms with van der Waals surface area (Å²) in [5.41, 5.74) is 0.501. The number of hydrogen-bond donors (Lipinski definition) is 0. The standard InChI is InChI=1S/C11H20N2O/c1-8(2)13-10-6-14-5-9-4-12(3)7-11(9,10)13/h8-10H,4-7H2,1-3H3. The highest BCUT2D eigenvalue weighted by Crippen LogP contribution is 2.54. The van der Waals surface area contributed by atoms with Gasteiger partial charge in [0.1, 0.15) is 0 Å². The largest absolute Gasteiger partial charge is 0.379 e. The maximum absolute atomic E-state index is 5.69. The van der Waals surface area contributed by atoms with E-state index >= 15 is 0 Å². The third-order valence-corrected chi connectivity index (χ3v) is 4.24. The van der Waals surface area contributed by atoms with Gasteiger partial charge in [-0.05, 0) is 20.9 Å². The normalized spacial score (nSPS) is 51.9. The minimum Gasteiger partial charge on any atom is -0.379 e. The molecule has 4 unspecified atom stereocenters. The summed E-state index contributed by atoms with van der Waals surface area (Å²) >= 11 is 0. The van der Waals surface area contributed by atoms with Gasteiger partial charge in [0.05, 0.1) is 24.8 Å². The Kier molecular flexibility index (Phi) is 1.77. The molecule has 0 bridgehead atoms. The molecule has 14 heavy (non-hydrogen) atoms. The molecule has 0 N–H and O–H groups in total. The molecule has 3 nitrogen and oxygen atoms in total. The summed E-state index contributed by atoms with van der Waals surface area (Å²) in [6.45, 7) is 9.03. The summed E-state index contributed by atoms with van der Waals surface area (Å²) in [5.74, 6) is 0.758. The van der Waals surface area contributed by atoms with Gasteiger partial charge in [-0.25, -0.2) is 0 Å². The summed E-state index contributed by atoms with van der Waals surface area (Å²) in [6, 6.07) is 1.39. The first-order valence-corrected chi connectivity index (χ1v) is 5.71. The minimum absolute atomic E-state index is 0.501. The van der Waals surface area contributed by atoms with Gasteiger partial charge in [0, 0.05) is 25.0 Å². The molecule has 0 aromatic carbocycles. The van der Waals surface area contributed by atoms with Crippen LogP contribution in [0, 0.1) is 5.92 Å². The van der Waals surface area contributed by atoms with Crippen LogP contribution >= 0.6 is 0 Å². The molecule has 3 rings (SSSR count). The average molecular weight is 196 g/mol. The fourth-order valence-electron chi connectivity index (χ4n) is 3.85. The van der Waals surface area contributed by atoms with Gasteiger partial charge in [0.2, 0.25) is 0 Å². The van der Waals surface area contributed by atoms with Crippen LogP contribution in [0.5, 0.6) is 0 Å². The van der Waals surface area contributed by atoms with E-state index in [-0.39, 0.29) is 0 Å². The predicted molar refractivity (Wildman–Crippen MR) is 55.3 cm³/mol. The van der Waals surface area contributed by atoms with E-state index < -0.39 is 0 Å². The van der Waals surface area contributed by atoms with Crippen molar-refractivity contribution in [2.45, 2.75) is 31.5 Å². The van der Waals surface area contributed by atoms with Crippen LogP contribution in [0.2, 0.25) is 0 Å². The molecule has 3 aliphatic heterocycles. The first-order valence-electron chi connectivity index (χ1n) is 5.71. The SMILES string of the molecule is CC(C)N1C2COCC3CN(C)CC321. The fourth-order valence-corrected chi connectivity index (χ4v) is 3.85. The van der Waals surface area contributed by atoms with Crippen molar-refractivity contribution in [2.24, 2.45) is 5.92 Å². The molecule has 3 saturated heterocycles. The monoisotopic (exact) mass is 196 g/mol. The Morgan fingerprint density at radius 1 is 1.36 bits per heavy atom. The second kappa shape index (κ2) is 2.71. The molecule has 3 aliphatic rings. The molecule has 0 aliphatic carbocycles. The maximum Gasteiger partial charge on any atom is 0.0641 e. The first kappa shape index (κ1) is 9.13. The van der Waals surface area contributed by atoms with Gasteiger partial charge in [-0.2, -0.15) is 0 Å². The lowest BCUT2D eigenvalue weighted by Gasteiger charge is -2.23. The van der Waals surface area contributed by atoms with E-state index in [1.807, 2.05) is 0 Å². The second-order valence-corrected chi connectivity index (χ2v) is 5.44. The summed E-state index contributed by atoms with van der Waals surface area (Å²) in [6.07, 6.45) is 0. The van der Waals surface area contributed by atoms with Crippen LogP contribution in [-0.2, 0) is 4.74 Å². The molecule has 0 aromatic rings. The van der Waals surface area contributed by atoms with Crippen molar-refractivity contribution < 1.29 is 4.74 Å². The van der Waals surface area contributed by atoms with Crippen molar-refractivity contribution in [3.8, 4) is 0 Å². The van der Waals surface area contributed by atoms with E-state index in [0.29, 0.717) is 17.6 Å². The molecule has 0 amide bonds. The molecule has 1 spiro atoms. The van der Waals surface area contributed by atoms with E-state index in [2.05, 4.69) is 30.7 Å². The molecule has 3 fully saturated rings. The maximum atomic E-state index is 5.69. The summed E-state index contributed by atoms with van der Waals surface area (Å²) < 4.78 is 5.69. The van der Waals surface area contributed by atoms with Crippen LogP contribution in [0.25, 0.3) is 0 Å². The molecule has 3 heteroatoms. The van der Waals surface area contributed by atoms with Crippen molar-refractivity contribution >= 4 is 0 Å². The van der Waals surface area contributed by atoms with E-state index in [4.69, 9.17) is 4.74 Å². The van der Waals surface area contributed by atoms with E-state index in [1.54, 1.807) is 0 Å². The van der Waals surface area contributed by atoms with Gasteiger partial charge in [-0.15, -0.1) is 0 Å². The van der Waals surface area contributed by atoms with Crippen LogP contribution in [0.4, 0.5) is 0 Å². The Morgan fingerprint density at radius 3 is 2.86 bits per heavy atom. The third kappa shape index (κ3) is 0.930. The number of likely N-dealkylation sites (N-methyl/N-ethyl adjacent to an activating group) is 1. The van der Waals surface area contributed by atoms with Gasteiger partial charge in [-0.3, -0.25) is 4.90 Å². The first-order chi connectivity index (χ1) is 6.66. The Balaban J connectivity index is 1.88. The number of hydrogen-bond acceptors (Lipinski definition) is 3. The van der Waals surface area contributed by atoms with Crippen LogP contribution in [-0.4, -0.2) is 60.8 Å². The number of likely N-dealkylation sites (tertiary alicyclic amines) is 1. The van der Waals surface area contributed by atoms with E-state index in [9.17, 15) is 0 Å². The molecular formula is C11H20N2O. The van der Waals surface area contributed by atoms with Gasteiger partial charge in [0.25, 0.3) is 0 Å². The molecule has 4 atom stereocenters.